The number of hydrogen-bond donors (Lipinski definition) is 1. The van der Waals surface area contributed by atoms with Gasteiger partial charge in [-0.2, -0.15) is 0 Å². The Bertz CT molecular complexity index is 1190. The SMILES string of the molecule is CC(=O)c1c(C)n(-c2ccc(Cl)c(O[C@H](C)C(=O)O)c2)c2cc(OC(F)(F)F)ccc12. The van der Waals surface area contributed by atoms with Crippen molar-refractivity contribution >= 4 is 34.3 Å². The lowest BCUT2D eigenvalue weighted by molar-refractivity contribution is -0.274. The Kier molecular flexibility index (Phi) is 5.91. The van der Waals surface area contributed by atoms with Crippen LogP contribution in [0.3, 0.4) is 0 Å². The molecule has 0 unspecified atom stereocenters. The molecule has 0 fully saturated rings. The van der Waals surface area contributed by atoms with Crippen LogP contribution in [0.15, 0.2) is 36.4 Å². The molecule has 0 radical (unpaired) electrons. The number of nitrogens with zero attached hydrogens (tertiary/aromatic N) is 1. The summed E-state index contributed by atoms with van der Waals surface area (Å²) in [6.07, 6.45) is -6.06. The molecule has 164 valence electrons. The second-order valence-corrected chi connectivity index (χ2v) is 7.20. The van der Waals surface area contributed by atoms with Crippen LogP contribution in [0.1, 0.15) is 29.9 Å². The predicted octanol–water partition coefficient (Wildman–Crippen LogP) is 5.55. The Morgan fingerprint density at radius 2 is 1.84 bits per heavy atom. The van der Waals surface area contributed by atoms with Crippen LogP contribution in [0.2, 0.25) is 5.02 Å². The van der Waals surface area contributed by atoms with E-state index in [4.69, 9.17) is 21.4 Å². The molecule has 0 aliphatic heterocycles. The van der Waals surface area contributed by atoms with Crippen LogP contribution < -0.4 is 9.47 Å². The fraction of sp³-hybridized carbons (Fsp3) is 0.238. The number of carboxylic acids is 1. The first-order valence-electron chi connectivity index (χ1n) is 9.00. The summed E-state index contributed by atoms with van der Waals surface area (Å²) in [6, 6.07) is 8.20. The number of hydrogen-bond acceptors (Lipinski definition) is 4. The molecule has 1 heterocycles. The minimum atomic E-state index is -4.88. The van der Waals surface area contributed by atoms with Gasteiger partial charge in [0.1, 0.15) is 11.5 Å². The minimum Gasteiger partial charge on any atom is -0.479 e. The number of aliphatic carboxylic acids is 1. The van der Waals surface area contributed by atoms with E-state index in [1.165, 1.54) is 38.1 Å². The Morgan fingerprint density at radius 3 is 2.42 bits per heavy atom. The largest absolute Gasteiger partial charge is 0.573 e. The van der Waals surface area contributed by atoms with Gasteiger partial charge in [-0.25, -0.2) is 4.79 Å². The summed E-state index contributed by atoms with van der Waals surface area (Å²) in [6.45, 7) is 4.34. The lowest BCUT2D eigenvalue weighted by Crippen LogP contribution is -2.23. The van der Waals surface area contributed by atoms with Crippen molar-refractivity contribution < 1.29 is 37.3 Å². The molecule has 31 heavy (non-hydrogen) atoms. The van der Waals surface area contributed by atoms with Gasteiger partial charge in [-0.05, 0) is 45.0 Å². The molecule has 0 amide bonds. The first-order chi connectivity index (χ1) is 14.4. The second kappa shape index (κ2) is 8.14. The summed E-state index contributed by atoms with van der Waals surface area (Å²) in [7, 11) is 0. The molecule has 3 aromatic rings. The van der Waals surface area contributed by atoms with Crippen molar-refractivity contribution in [3.63, 3.8) is 0 Å². The highest BCUT2D eigenvalue weighted by Crippen LogP contribution is 2.36. The molecule has 10 heteroatoms. The van der Waals surface area contributed by atoms with Gasteiger partial charge >= 0.3 is 12.3 Å². The van der Waals surface area contributed by atoms with Gasteiger partial charge in [0.05, 0.1) is 10.5 Å². The summed E-state index contributed by atoms with van der Waals surface area (Å²) in [5, 5.41) is 9.67. The smallest absolute Gasteiger partial charge is 0.479 e. The number of aromatic nitrogens is 1. The van der Waals surface area contributed by atoms with Gasteiger partial charge in [-0.1, -0.05) is 11.6 Å². The molecule has 2 aromatic carbocycles. The van der Waals surface area contributed by atoms with E-state index >= 15 is 0 Å². The zero-order valence-electron chi connectivity index (χ0n) is 16.6. The van der Waals surface area contributed by atoms with E-state index in [-0.39, 0.29) is 16.6 Å². The highest BCUT2D eigenvalue weighted by Gasteiger charge is 2.31. The summed E-state index contributed by atoms with van der Waals surface area (Å²) >= 11 is 6.12. The number of carboxylic acid groups (broad SMARTS) is 1. The summed E-state index contributed by atoms with van der Waals surface area (Å²) in [4.78, 5) is 23.4. The Labute approximate surface area is 179 Å². The van der Waals surface area contributed by atoms with E-state index < -0.39 is 24.2 Å². The van der Waals surface area contributed by atoms with Crippen molar-refractivity contribution in [2.24, 2.45) is 0 Å². The molecule has 0 bridgehead atoms. The number of ketones is 1. The molecular formula is C21H17ClF3NO5. The van der Waals surface area contributed by atoms with Gasteiger partial charge in [0, 0.05) is 34.5 Å². The van der Waals surface area contributed by atoms with E-state index in [1.807, 2.05) is 0 Å². The average Bonchev–Trinajstić information content (AvgIpc) is 2.93. The standard InChI is InChI=1S/C21H17ClF3NO5/c1-10-19(11(2)27)15-6-5-14(31-21(23,24)25)9-17(15)26(10)13-4-7-16(22)18(8-13)30-12(3)20(28)29/h4-9,12H,1-3H3,(H,28,29)/t12-/m1/s1. The van der Waals surface area contributed by atoms with E-state index in [1.54, 1.807) is 17.6 Å². The summed E-state index contributed by atoms with van der Waals surface area (Å²) in [5.41, 5.74) is 1.52. The van der Waals surface area contributed by atoms with Crippen LogP contribution >= 0.6 is 11.6 Å². The molecule has 0 saturated heterocycles. The normalized spacial score (nSPS) is 12.6. The average molecular weight is 456 g/mol. The van der Waals surface area contributed by atoms with Crippen molar-refractivity contribution in [1.29, 1.82) is 0 Å². The quantitative estimate of drug-likeness (QED) is 0.493. The third-order valence-corrected chi connectivity index (χ3v) is 4.90. The number of ether oxygens (including phenoxy) is 2. The molecule has 0 spiro atoms. The van der Waals surface area contributed by atoms with Crippen LogP contribution in [-0.2, 0) is 4.79 Å². The van der Waals surface area contributed by atoms with Crippen molar-refractivity contribution in [3.8, 4) is 17.2 Å². The third kappa shape index (κ3) is 4.61. The summed E-state index contributed by atoms with van der Waals surface area (Å²) < 4.78 is 49.1. The number of benzene rings is 2. The summed E-state index contributed by atoms with van der Waals surface area (Å²) in [5.74, 6) is -1.84. The van der Waals surface area contributed by atoms with Crippen molar-refractivity contribution in [1.82, 2.24) is 4.57 Å². The van der Waals surface area contributed by atoms with Gasteiger partial charge in [0.15, 0.2) is 11.9 Å². The van der Waals surface area contributed by atoms with Crippen molar-refractivity contribution in [3.05, 3.63) is 52.7 Å². The van der Waals surface area contributed by atoms with E-state index in [0.717, 1.165) is 6.07 Å². The van der Waals surface area contributed by atoms with E-state index in [9.17, 15) is 22.8 Å². The highest BCUT2D eigenvalue weighted by molar-refractivity contribution is 6.32. The lowest BCUT2D eigenvalue weighted by Gasteiger charge is -2.15. The van der Waals surface area contributed by atoms with Gasteiger partial charge in [0.2, 0.25) is 0 Å². The van der Waals surface area contributed by atoms with Crippen LogP contribution in [0.4, 0.5) is 13.2 Å². The second-order valence-electron chi connectivity index (χ2n) is 6.79. The van der Waals surface area contributed by atoms with Crippen LogP contribution in [0.5, 0.6) is 11.5 Å². The van der Waals surface area contributed by atoms with E-state index in [2.05, 4.69) is 4.74 Å². The van der Waals surface area contributed by atoms with E-state index in [0.29, 0.717) is 27.8 Å². The first-order valence-corrected chi connectivity index (χ1v) is 9.38. The Morgan fingerprint density at radius 1 is 1.16 bits per heavy atom. The number of fused-ring (bicyclic) bond motifs is 1. The van der Waals surface area contributed by atoms with Crippen LogP contribution in [-0.4, -0.2) is 33.9 Å². The molecule has 6 nitrogen and oxygen atoms in total. The lowest BCUT2D eigenvalue weighted by atomic mass is 10.1. The molecule has 1 N–H and O–H groups in total. The van der Waals surface area contributed by atoms with Crippen molar-refractivity contribution in [2.75, 3.05) is 0 Å². The zero-order valence-corrected chi connectivity index (χ0v) is 17.3. The maximum absolute atomic E-state index is 12.7. The maximum Gasteiger partial charge on any atom is 0.573 e. The molecule has 0 aliphatic carbocycles. The minimum absolute atomic E-state index is 0.0717. The fourth-order valence-corrected chi connectivity index (χ4v) is 3.49. The van der Waals surface area contributed by atoms with Gasteiger partial charge in [-0.3, -0.25) is 4.79 Å². The molecule has 1 atom stereocenters. The van der Waals surface area contributed by atoms with Gasteiger partial charge in [-0.15, -0.1) is 13.2 Å². The number of rotatable bonds is 6. The third-order valence-electron chi connectivity index (χ3n) is 4.59. The topological polar surface area (TPSA) is 77.8 Å². The van der Waals surface area contributed by atoms with Gasteiger partial charge in [0.25, 0.3) is 0 Å². The van der Waals surface area contributed by atoms with Crippen molar-refractivity contribution in [2.45, 2.75) is 33.2 Å². The molecule has 0 saturated carbocycles. The monoisotopic (exact) mass is 455 g/mol. The Balaban J connectivity index is 2.23. The molecule has 1 aromatic heterocycles. The molecule has 0 aliphatic rings. The first kappa shape index (κ1) is 22.5. The number of Topliss-reactive ketones (excluding diaryl/α,β-unsaturated/α-hetero) is 1. The van der Waals surface area contributed by atoms with Crippen LogP contribution in [0.25, 0.3) is 16.6 Å². The number of carbonyl (C=O) groups is 2. The maximum atomic E-state index is 12.7. The fourth-order valence-electron chi connectivity index (χ4n) is 3.33. The number of alkyl halides is 3. The zero-order chi connectivity index (χ0) is 23.1. The molecule has 3 rings (SSSR count). The number of carbonyl (C=O) groups excluding carboxylic acids is 1. The Hall–Kier alpha value is -3.20. The highest BCUT2D eigenvalue weighted by atomic mass is 35.5. The van der Waals surface area contributed by atoms with Crippen LogP contribution in [0, 0.1) is 6.92 Å². The predicted molar refractivity (Wildman–Crippen MR) is 107 cm³/mol. The molecular weight excluding hydrogens is 439 g/mol. The van der Waals surface area contributed by atoms with Gasteiger partial charge < -0.3 is 19.1 Å². The number of halogens is 4.